The number of hydrogen-bond donors (Lipinski definition) is 1. The average molecular weight is 217 g/mol. The van der Waals surface area contributed by atoms with Crippen molar-refractivity contribution in [2.75, 3.05) is 11.9 Å². The molecule has 3 nitrogen and oxygen atoms in total. The molecule has 2 rings (SSSR count). The van der Waals surface area contributed by atoms with Crippen molar-refractivity contribution in [1.29, 1.82) is 0 Å². The minimum Gasteiger partial charge on any atom is -0.385 e. The van der Waals surface area contributed by atoms with Crippen LogP contribution in [0.3, 0.4) is 0 Å². The lowest BCUT2D eigenvalue weighted by atomic mass is 10.2. The SMILES string of the molecule is Fc1cc(NCCc2cccnc2)ccn1. The Kier molecular flexibility index (Phi) is 3.43. The van der Waals surface area contributed by atoms with Crippen molar-refractivity contribution in [3.8, 4) is 0 Å². The van der Waals surface area contributed by atoms with Crippen LogP contribution in [-0.2, 0) is 6.42 Å². The Bertz CT molecular complexity index is 445. The summed E-state index contributed by atoms with van der Waals surface area (Å²) < 4.78 is 12.8. The highest BCUT2D eigenvalue weighted by Gasteiger charge is 1.96. The molecule has 0 aliphatic carbocycles. The number of halogens is 1. The van der Waals surface area contributed by atoms with Crippen LogP contribution < -0.4 is 5.32 Å². The van der Waals surface area contributed by atoms with E-state index in [4.69, 9.17) is 0 Å². The fourth-order valence-corrected chi connectivity index (χ4v) is 1.41. The number of aromatic nitrogens is 2. The molecule has 0 spiro atoms. The molecule has 0 fully saturated rings. The lowest BCUT2D eigenvalue weighted by Gasteiger charge is -2.05. The van der Waals surface area contributed by atoms with Gasteiger partial charge < -0.3 is 5.32 Å². The van der Waals surface area contributed by atoms with E-state index in [0.29, 0.717) is 0 Å². The highest BCUT2D eigenvalue weighted by molar-refractivity contribution is 5.41. The molecule has 2 aromatic rings. The Balaban J connectivity index is 1.85. The van der Waals surface area contributed by atoms with Gasteiger partial charge in [0.05, 0.1) is 0 Å². The first kappa shape index (κ1) is 10.5. The number of nitrogens with one attached hydrogen (secondary N) is 1. The van der Waals surface area contributed by atoms with Crippen LogP contribution in [0.25, 0.3) is 0 Å². The lowest BCUT2D eigenvalue weighted by molar-refractivity contribution is 0.584. The predicted octanol–water partition coefficient (Wildman–Crippen LogP) is 2.27. The quantitative estimate of drug-likeness (QED) is 0.798. The van der Waals surface area contributed by atoms with Gasteiger partial charge in [0.15, 0.2) is 0 Å². The molecule has 0 atom stereocenters. The Morgan fingerprint density at radius 2 is 2.19 bits per heavy atom. The molecule has 82 valence electrons. The molecule has 2 heterocycles. The number of nitrogens with zero attached hydrogens (tertiary/aromatic N) is 2. The third-order valence-electron chi connectivity index (χ3n) is 2.19. The molecule has 1 N–H and O–H groups in total. The summed E-state index contributed by atoms with van der Waals surface area (Å²) in [5, 5.41) is 3.13. The first-order valence-corrected chi connectivity index (χ1v) is 5.09. The molecule has 4 heteroatoms. The maximum atomic E-state index is 12.8. The van der Waals surface area contributed by atoms with Gasteiger partial charge in [-0.25, -0.2) is 4.98 Å². The van der Waals surface area contributed by atoms with E-state index in [2.05, 4.69) is 15.3 Å². The van der Waals surface area contributed by atoms with Gasteiger partial charge in [0, 0.05) is 36.9 Å². The van der Waals surface area contributed by atoms with Crippen LogP contribution in [0.2, 0.25) is 0 Å². The van der Waals surface area contributed by atoms with Crippen molar-refractivity contribution in [1.82, 2.24) is 9.97 Å². The van der Waals surface area contributed by atoms with Gasteiger partial charge >= 0.3 is 0 Å². The van der Waals surface area contributed by atoms with Gasteiger partial charge in [-0.2, -0.15) is 4.39 Å². The summed E-state index contributed by atoms with van der Waals surface area (Å²) in [7, 11) is 0. The fraction of sp³-hybridized carbons (Fsp3) is 0.167. The molecule has 16 heavy (non-hydrogen) atoms. The third-order valence-corrected chi connectivity index (χ3v) is 2.19. The van der Waals surface area contributed by atoms with Crippen molar-refractivity contribution < 1.29 is 4.39 Å². The van der Waals surface area contributed by atoms with Crippen molar-refractivity contribution in [2.24, 2.45) is 0 Å². The summed E-state index contributed by atoms with van der Waals surface area (Å²) in [6.45, 7) is 0.745. The van der Waals surface area contributed by atoms with Crippen LogP contribution in [0.5, 0.6) is 0 Å². The van der Waals surface area contributed by atoms with Gasteiger partial charge in [-0.15, -0.1) is 0 Å². The van der Waals surface area contributed by atoms with Crippen molar-refractivity contribution in [3.63, 3.8) is 0 Å². The topological polar surface area (TPSA) is 37.8 Å². The van der Waals surface area contributed by atoms with Crippen LogP contribution in [0, 0.1) is 5.95 Å². The number of anilines is 1. The maximum absolute atomic E-state index is 12.8. The molecule has 0 unspecified atom stereocenters. The molecule has 0 aliphatic heterocycles. The fourth-order valence-electron chi connectivity index (χ4n) is 1.41. The zero-order valence-corrected chi connectivity index (χ0v) is 8.73. The van der Waals surface area contributed by atoms with Gasteiger partial charge in [0.1, 0.15) is 0 Å². The van der Waals surface area contributed by atoms with E-state index in [-0.39, 0.29) is 0 Å². The van der Waals surface area contributed by atoms with Crippen molar-refractivity contribution in [2.45, 2.75) is 6.42 Å². The second kappa shape index (κ2) is 5.21. The standard InChI is InChI=1S/C12H12FN3/c13-12-8-11(4-7-16-12)15-6-3-10-2-1-5-14-9-10/h1-2,4-5,7-9H,3,6H2,(H,15,16). The summed E-state index contributed by atoms with van der Waals surface area (Å²) in [4.78, 5) is 7.52. The van der Waals surface area contributed by atoms with E-state index < -0.39 is 5.95 Å². The van der Waals surface area contributed by atoms with E-state index in [1.165, 1.54) is 12.3 Å². The second-order valence-electron chi connectivity index (χ2n) is 3.41. The summed E-state index contributed by atoms with van der Waals surface area (Å²) >= 11 is 0. The Morgan fingerprint density at radius 1 is 1.25 bits per heavy atom. The van der Waals surface area contributed by atoms with E-state index in [0.717, 1.165) is 24.2 Å². The Hall–Kier alpha value is -1.97. The number of pyridine rings is 2. The summed E-state index contributed by atoms with van der Waals surface area (Å²) in [6.07, 6.45) is 5.88. The van der Waals surface area contributed by atoms with E-state index >= 15 is 0 Å². The Morgan fingerprint density at radius 3 is 2.94 bits per heavy atom. The summed E-state index contributed by atoms with van der Waals surface area (Å²) in [5.74, 6) is -0.466. The average Bonchev–Trinajstić information content (AvgIpc) is 2.30. The third kappa shape index (κ3) is 3.02. The van der Waals surface area contributed by atoms with E-state index in [1.807, 2.05) is 18.3 Å². The number of hydrogen-bond acceptors (Lipinski definition) is 3. The van der Waals surface area contributed by atoms with Gasteiger partial charge in [0.25, 0.3) is 0 Å². The van der Waals surface area contributed by atoms with Gasteiger partial charge in [-0.05, 0) is 24.1 Å². The highest BCUT2D eigenvalue weighted by Crippen LogP contribution is 2.06. The molecular formula is C12H12FN3. The van der Waals surface area contributed by atoms with Gasteiger partial charge in [0.2, 0.25) is 5.95 Å². The molecule has 0 saturated carbocycles. The Labute approximate surface area is 93.4 Å². The minimum absolute atomic E-state index is 0.466. The van der Waals surface area contributed by atoms with Gasteiger partial charge in [-0.3, -0.25) is 4.98 Å². The summed E-state index contributed by atoms with van der Waals surface area (Å²) in [6, 6.07) is 7.04. The van der Waals surface area contributed by atoms with Crippen LogP contribution in [0.1, 0.15) is 5.56 Å². The zero-order valence-electron chi connectivity index (χ0n) is 8.73. The van der Waals surface area contributed by atoms with Crippen LogP contribution in [0.15, 0.2) is 42.9 Å². The zero-order chi connectivity index (χ0) is 11.2. The highest BCUT2D eigenvalue weighted by atomic mass is 19.1. The van der Waals surface area contributed by atoms with Gasteiger partial charge in [-0.1, -0.05) is 6.07 Å². The molecule has 0 aliphatic rings. The van der Waals surface area contributed by atoms with Crippen LogP contribution >= 0.6 is 0 Å². The molecule has 0 bridgehead atoms. The first-order valence-electron chi connectivity index (χ1n) is 5.09. The smallest absolute Gasteiger partial charge is 0.214 e. The predicted molar refractivity (Wildman–Crippen MR) is 60.6 cm³/mol. The van der Waals surface area contributed by atoms with Crippen LogP contribution in [-0.4, -0.2) is 16.5 Å². The first-order chi connectivity index (χ1) is 7.84. The summed E-state index contributed by atoms with van der Waals surface area (Å²) in [5.41, 5.74) is 1.90. The maximum Gasteiger partial charge on any atom is 0.214 e. The lowest BCUT2D eigenvalue weighted by Crippen LogP contribution is -2.05. The molecule has 0 aromatic carbocycles. The van der Waals surface area contributed by atoms with E-state index in [1.54, 1.807) is 12.3 Å². The molecule has 0 radical (unpaired) electrons. The molecule has 2 aromatic heterocycles. The van der Waals surface area contributed by atoms with Crippen molar-refractivity contribution in [3.05, 3.63) is 54.4 Å². The monoisotopic (exact) mass is 217 g/mol. The number of rotatable bonds is 4. The minimum atomic E-state index is -0.466. The van der Waals surface area contributed by atoms with Crippen molar-refractivity contribution >= 4 is 5.69 Å². The molecule has 0 saturated heterocycles. The largest absolute Gasteiger partial charge is 0.385 e. The molecular weight excluding hydrogens is 205 g/mol. The van der Waals surface area contributed by atoms with Crippen LogP contribution in [0.4, 0.5) is 10.1 Å². The second-order valence-corrected chi connectivity index (χ2v) is 3.41. The van der Waals surface area contributed by atoms with E-state index in [9.17, 15) is 4.39 Å². The normalized spacial score (nSPS) is 10.1. The molecule has 0 amide bonds.